The molecule has 100 valence electrons. The molecule has 2 heterocycles. The molecule has 0 unspecified atom stereocenters. The van der Waals surface area contributed by atoms with Gasteiger partial charge in [-0.3, -0.25) is 9.59 Å². The van der Waals surface area contributed by atoms with E-state index < -0.39 is 0 Å². The minimum absolute atomic E-state index is 0.0794. The van der Waals surface area contributed by atoms with E-state index >= 15 is 0 Å². The highest BCUT2D eigenvalue weighted by molar-refractivity contribution is 7.18. The highest BCUT2D eigenvalue weighted by Gasteiger charge is 2.21. The molecule has 2 aromatic heterocycles. The lowest BCUT2D eigenvalue weighted by Gasteiger charge is -2.00. The minimum Gasteiger partial charge on any atom is -0.469 e. The number of hydrogen-bond acceptors (Lipinski definition) is 5. The fourth-order valence-corrected chi connectivity index (χ4v) is 3.77. The van der Waals surface area contributed by atoms with Gasteiger partial charge in [0.1, 0.15) is 10.7 Å². The van der Waals surface area contributed by atoms with Crippen LogP contribution in [0.3, 0.4) is 0 Å². The lowest BCUT2D eigenvalue weighted by atomic mass is 10.2. The molecule has 5 nitrogen and oxygen atoms in total. The number of thiophene rings is 1. The van der Waals surface area contributed by atoms with Crippen LogP contribution in [0.5, 0.6) is 0 Å². The van der Waals surface area contributed by atoms with Gasteiger partial charge in [-0.25, -0.2) is 4.98 Å². The highest BCUT2D eigenvalue weighted by Crippen LogP contribution is 2.34. The number of fused-ring (bicyclic) bond motifs is 3. The number of nitrogens with zero attached hydrogens (tertiary/aromatic N) is 1. The number of H-pyrrole nitrogens is 1. The number of esters is 1. The Bertz CT molecular complexity index is 702. The molecule has 0 atom stereocenters. The molecule has 0 aliphatic heterocycles. The van der Waals surface area contributed by atoms with E-state index in [9.17, 15) is 9.59 Å². The van der Waals surface area contributed by atoms with Crippen LogP contribution in [0.15, 0.2) is 4.79 Å². The second-order valence-electron chi connectivity index (χ2n) is 4.63. The Kier molecular flexibility index (Phi) is 3.10. The van der Waals surface area contributed by atoms with Crippen LogP contribution in [0.2, 0.25) is 0 Å². The maximum absolute atomic E-state index is 12.1. The number of aryl methyl sites for hydroxylation is 3. The zero-order chi connectivity index (χ0) is 13.4. The van der Waals surface area contributed by atoms with Crippen LogP contribution in [-0.4, -0.2) is 23.0 Å². The van der Waals surface area contributed by atoms with E-state index in [1.54, 1.807) is 11.3 Å². The van der Waals surface area contributed by atoms with Crippen LogP contribution in [0.4, 0.5) is 0 Å². The molecule has 2 aromatic rings. The monoisotopic (exact) mass is 278 g/mol. The number of nitrogens with one attached hydrogen (secondary N) is 1. The van der Waals surface area contributed by atoms with Crippen molar-refractivity contribution in [2.45, 2.75) is 32.1 Å². The van der Waals surface area contributed by atoms with E-state index in [1.165, 1.54) is 17.6 Å². The summed E-state index contributed by atoms with van der Waals surface area (Å²) in [6, 6.07) is 0. The molecule has 0 bridgehead atoms. The number of ether oxygens (including phenoxy) is 1. The van der Waals surface area contributed by atoms with Gasteiger partial charge in [-0.1, -0.05) is 0 Å². The quantitative estimate of drug-likeness (QED) is 0.865. The fourth-order valence-electron chi connectivity index (χ4n) is 2.49. The van der Waals surface area contributed by atoms with Gasteiger partial charge in [0.2, 0.25) is 0 Å². The Balaban J connectivity index is 1.97. The summed E-state index contributed by atoms with van der Waals surface area (Å²) in [7, 11) is 1.35. The van der Waals surface area contributed by atoms with E-state index in [0.717, 1.165) is 29.5 Å². The molecular weight excluding hydrogens is 264 g/mol. The third-order valence-electron chi connectivity index (χ3n) is 3.42. The Morgan fingerprint density at radius 2 is 2.32 bits per heavy atom. The first-order valence-electron chi connectivity index (χ1n) is 6.29. The van der Waals surface area contributed by atoms with Gasteiger partial charge in [-0.2, -0.15) is 0 Å². The van der Waals surface area contributed by atoms with Gasteiger partial charge in [0, 0.05) is 11.3 Å². The van der Waals surface area contributed by atoms with Crippen molar-refractivity contribution in [1.29, 1.82) is 0 Å². The number of methoxy groups -OCH3 is 1. The predicted octanol–water partition coefficient (Wildman–Crippen LogP) is 1.58. The summed E-state index contributed by atoms with van der Waals surface area (Å²) in [5.41, 5.74) is 1.09. The van der Waals surface area contributed by atoms with Gasteiger partial charge in [-0.05, 0) is 24.8 Å². The second kappa shape index (κ2) is 4.77. The Morgan fingerprint density at radius 1 is 1.47 bits per heavy atom. The van der Waals surface area contributed by atoms with Crippen LogP contribution in [0.25, 0.3) is 10.2 Å². The molecule has 1 aliphatic carbocycles. The van der Waals surface area contributed by atoms with Gasteiger partial charge < -0.3 is 9.72 Å². The molecule has 1 aliphatic rings. The molecule has 6 heteroatoms. The Morgan fingerprint density at radius 3 is 3.11 bits per heavy atom. The standard InChI is InChI=1S/C13H14N2O3S/c1-18-10(16)6-5-9-14-12(17)11-7-3-2-4-8(7)19-13(11)15-9/h2-6H2,1H3,(H,14,15,17). The SMILES string of the molecule is COC(=O)CCc1nc2sc3c(c2c(=O)[nH]1)CCC3. The molecule has 1 N–H and O–H groups in total. The van der Waals surface area contributed by atoms with E-state index in [1.807, 2.05) is 0 Å². The van der Waals surface area contributed by atoms with Gasteiger partial charge in [0.15, 0.2) is 0 Å². The number of rotatable bonds is 3. The number of carbonyl (C=O) groups is 1. The summed E-state index contributed by atoms with van der Waals surface area (Å²) in [5.74, 6) is 0.263. The maximum atomic E-state index is 12.1. The predicted molar refractivity (Wildman–Crippen MR) is 72.6 cm³/mol. The third-order valence-corrected chi connectivity index (χ3v) is 4.60. The highest BCUT2D eigenvalue weighted by atomic mass is 32.1. The topological polar surface area (TPSA) is 72.0 Å². The maximum Gasteiger partial charge on any atom is 0.305 e. The summed E-state index contributed by atoms with van der Waals surface area (Å²) in [5, 5.41) is 0.749. The largest absolute Gasteiger partial charge is 0.469 e. The molecule has 0 amide bonds. The van der Waals surface area contributed by atoms with E-state index in [-0.39, 0.29) is 17.9 Å². The second-order valence-corrected chi connectivity index (χ2v) is 5.71. The van der Waals surface area contributed by atoms with Gasteiger partial charge in [-0.15, -0.1) is 11.3 Å². The number of hydrogen-bond donors (Lipinski definition) is 1. The van der Waals surface area contributed by atoms with Crippen LogP contribution in [0.1, 0.15) is 29.1 Å². The first-order valence-corrected chi connectivity index (χ1v) is 7.11. The van der Waals surface area contributed by atoms with Crippen molar-refractivity contribution in [3.63, 3.8) is 0 Å². The average Bonchev–Trinajstić information content (AvgIpc) is 2.95. The van der Waals surface area contributed by atoms with Crippen molar-refractivity contribution in [3.8, 4) is 0 Å². The molecule has 0 saturated carbocycles. The molecule has 0 fully saturated rings. The van der Waals surface area contributed by atoms with Gasteiger partial charge in [0.05, 0.1) is 18.9 Å². The lowest BCUT2D eigenvalue weighted by Crippen LogP contribution is -2.13. The zero-order valence-corrected chi connectivity index (χ0v) is 11.4. The summed E-state index contributed by atoms with van der Waals surface area (Å²) in [6.07, 6.45) is 3.78. The first-order chi connectivity index (χ1) is 9.19. The number of aromatic amines is 1. The van der Waals surface area contributed by atoms with Crippen molar-refractivity contribution in [1.82, 2.24) is 9.97 Å². The van der Waals surface area contributed by atoms with E-state index in [4.69, 9.17) is 0 Å². The number of aromatic nitrogens is 2. The van der Waals surface area contributed by atoms with E-state index in [2.05, 4.69) is 14.7 Å². The molecule has 19 heavy (non-hydrogen) atoms. The van der Waals surface area contributed by atoms with Crippen LogP contribution in [-0.2, 0) is 28.8 Å². The first kappa shape index (κ1) is 12.3. The lowest BCUT2D eigenvalue weighted by molar-refractivity contribution is -0.140. The Hall–Kier alpha value is -1.69. The van der Waals surface area contributed by atoms with Crippen molar-refractivity contribution >= 4 is 27.5 Å². The molecule has 0 spiro atoms. The van der Waals surface area contributed by atoms with Gasteiger partial charge in [0.25, 0.3) is 5.56 Å². The normalized spacial score (nSPS) is 13.7. The summed E-state index contributed by atoms with van der Waals surface area (Å²) in [6.45, 7) is 0. The van der Waals surface area contributed by atoms with Crippen LogP contribution in [0, 0.1) is 0 Å². The van der Waals surface area contributed by atoms with Crippen molar-refractivity contribution in [2.24, 2.45) is 0 Å². The number of carbonyl (C=O) groups excluding carboxylic acids is 1. The molecule has 3 rings (SSSR count). The molecule has 0 saturated heterocycles. The smallest absolute Gasteiger partial charge is 0.305 e. The third kappa shape index (κ3) is 2.16. The molecular formula is C13H14N2O3S. The summed E-state index contributed by atoms with van der Waals surface area (Å²) < 4.78 is 4.58. The minimum atomic E-state index is -0.295. The van der Waals surface area contributed by atoms with Crippen LogP contribution < -0.4 is 5.56 Å². The Labute approximate surface area is 113 Å². The van der Waals surface area contributed by atoms with Gasteiger partial charge >= 0.3 is 5.97 Å². The fraction of sp³-hybridized carbons (Fsp3) is 0.462. The van der Waals surface area contributed by atoms with Crippen molar-refractivity contribution < 1.29 is 9.53 Å². The zero-order valence-electron chi connectivity index (χ0n) is 10.6. The molecule has 0 aromatic carbocycles. The van der Waals surface area contributed by atoms with Crippen molar-refractivity contribution in [3.05, 3.63) is 26.6 Å². The van der Waals surface area contributed by atoms with E-state index in [0.29, 0.717) is 12.2 Å². The molecule has 0 radical (unpaired) electrons. The average molecular weight is 278 g/mol. The summed E-state index contributed by atoms with van der Waals surface area (Å²) in [4.78, 5) is 32.6. The van der Waals surface area contributed by atoms with Crippen molar-refractivity contribution in [2.75, 3.05) is 7.11 Å². The van der Waals surface area contributed by atoms with Crippen LogP contribution >= 0.6 is 11.3 Å². The summed E-state index contributed by atoms with van der Waals surface area (Å²) >= 11 is 1.61.